The molecule has 0 radical (unpaired) electrons. The number of aliphatic carboxylic acids is 1. The minimum atomic E-state index is -0.909. The number of hydrogen-bond acceptors (Lipinski definition) is 2. The Labute approximate surface area is 104 Å². The lowest BCUT2D eigenvalue weighted by molar-refractivity contribution is -0.145. The minimum Gasteiger partial charge on any atom is -0.479 e. The maximum absolute atomic E-state index is 11.0. The summed E-state index contributed by atoms with van der Waals surface area (Å²) in [6.45, 7) is 2.03. The van der Waals surface area contributed by atoms with Gasteiger partial charge in [0.05, 0.1) is 0 Å². The number of carboxylic acids is 1. The average molecular weight is 287 g/mol. The Balaban J connectivity index is 2.64. The van der Waals surface area contributed by atoms with Gasteiger partial charge in [-0.05, 0) is 31.0 Å². The van der Waals surface area contributed by atoms with Crippen LogP contribution in [-0.2, 0) is 4.79 Å². The summed E-state index contributed by atoms with van der Waals surface area (Å²) in [5.74, 6) is -0.327. The molecule has 0 saturated heterocycles. The van der Waals surface area contributed by atoms with E-state index in [4.69, 9.17) is 9.84 Å². The maximum atomic E-state index is 11.0. The molecule has 0 aliphatic carbocycles. The number of halogens is 1. The monoisotopic (exact) mass is 286 g/mol. The highest BCUT2D eigenvalue weighted by Gasteiger charge is 2.18. The topological polar surface area (TPSA) is 46.5 Å². The van der Waals surface area contributed by atoms with Crippen molar-refractivity contribution in [3.8, 4) is 5.75 Å². The van der Waals surface area contributed by atoms with Crippen LogP contribution >= 0.6 is 15.9 Å². The standard InChI is InChI=1S/C12H15BrO3/c1-2-3-7-11(12(14)15)16-10-6-4-5-9(13)8-10/h4-6,8,11H,2-3,7H2,1H3,(H,14,15). The summed E-state index contributed by atoms with van der Waals surface area (Å²) in [7, 11) is 0. The normalized spacial score (nSPS) is 12.1. The van der Waals surface area contributed by atoms with Crippen molar-refractivity contribution in [3.63, 3.8) is 0 Å². The highest BCUT2D eigenvalue weighted by atomic mass is 79.9. The fourth-order valence-electron chi connectivity index (χ4n) is 1.33. The Kier molecular flexibility index (Phi) is 5.32. The van der Waals surface area contributed by atoms with Gasteiger partial charge in [0.2, 0.25) is 0 Å². The fourth-order valence-corrected chi connectivity index (χ4v) is 1.71. The van der Waals surface area contributed by atoms with Gasteiger partial charge in [-0.3, -0.25) is 0 Å². The van der Waals surface area contributed by atoms with Crippen LogP contribution in [0.4, 0.5) is 0 Å². The molecule has 1 unspecified atom stereocenters. The van der Waals surface area contributed by atoms with Gasteiger partial charge in [0.1, 0.15) is 5.75 Å². The zero-order valence-corrected chi connectivity index (χ0v) is 10.7. The van der Waals surface area contributed by atoms with Crippen LogP contribution < -0.4 is 4.74 Å². The van der Waals surface area contributed by atoms with E-state index >= 15 is 0 Å². The van der Waals surface area contributed by atoms with Crippen LogP contribution in [0.5, 0.6) is 5.75 Å². The van der Waals surface area contributed by atoms with Crippen LogP contribution in [0.2, 0.25) is 0 Å². The van der Waals surface area contributed by atoms with Gasteiger partial charge in [0.15, 0.2) is 6.10 Å². The molecule has 4 heteroatoms. The third-order valence-electron chi connectivity index (χ3n) is 2.17. The number of unbranched alkanes of at least 4 members (excludes halogenated alkanes) is 1. The van der Waals surface area contributed by atoms with Gasteiger partial charge in [-0.2, -0.15) is 0 Å². The van der Waals surface area contributed by atoms with E-state index in [9.17, 15) is 4.79 Å². The number of ether oxygens (including phenoxy) is 1. The lowest BCUT2D eigenvalue weighted by atomic mass is 10.1. The average Bonchev–Trinajstić information content (AvgIpc) is 2.24. The number of rotatable bonds is 6. The quantitative estimate of drug-likeness (QED) is 0.871. The molecule has 0 aliphatic rings. The first-order valence-electron chi connectivity index (χ1n) is 5.28. The van der Waals surface area contributed by atoms with E-state index in [1.54, 1.807) is 12.1 Å². The Bertz CT molecular complexity index is 352. The number of benzene rings is 1. The van der Waals surface area contributed by atoms with E-state index in [-0.39, 0.29) is 0 Å². The molecule has 88 valence electrons. The second kappa shape index (κ2) is 6.53. The largest absolute Gasteiger partial charge is 0.479 e. The lowest BCUT2D eigenvalue weighted by Gasteiger charge is -2.14. The molecule has 0 saturated carbocycles. The lowest BCUT2D eigenvalue weighted by Crippen LogP contribution is -2.26. The van der Waals surface area contributed by atoms with Gasteiger partial charge in [0, 0.05) is 4.47 Å². The first-order chi connectivity index (χ1) is 7.63. The summed E-state index contributed by atoms with van der Waals surface area (Å²) >= 11 is 3.31. The third-order valence-corrected chi connectivity index (χ3v) is 2.66. The Morgan fingerprint density at radius 2 is 2.31 bits per heavy atom. The van der Waals surface area contributed by atoms with Crippen molar-refractivity contribution in [2.75, 3.05) is 0 Å². The van der Waals surface area contributed by atoms with Crippen molar-refractivity contribution in [2.24, 2.45) is 0 Å². The molecule has 1 N–H and O–H groups in total. The van der Waals surface area contributed by atoms with Crippen LogP contribution in [0.1, 0.15) is 26.2 Å². The molecule has 1 aromatic rings. The number of hydrogen-bond donors (Lipinski definition) is 1. The molecular formula is C12H15BrO3. The molecule has 0 aromatic heterocycles. The molecule has 1 rings (SSSR count). The third kappa shape index (κ3) is 4.23. The summed E-state index contributed by atoms with van der Waals surface area (Å²) in [6.07, 6.45) is 1.60. The van der Waals surface area contributed by atoms with Crippen molar-refractivity contribution in [1.29, 1.82) is 0 Å². The molecule has 0 fully saturated rings. The van der Waals surface area contributed by atoms with Crippen molar-refractivity contribution in [3.05, 3.63) is 28.7 Å². The van der Waals surface area contributed by atoms with E-state index in [0.717, 1.165) is 17.3 Å². The number of carboxylic acid groups (broad SMARTS) is 1. The van der Waals surface area contributed by atoms with Crippen LogP contribution in [0.3, 0.4) is 0 Å². The van der Waals surface area contributed by atoms with Crippen molar-refractivity contribution in [2.45, 2.75) is 32.3 Å². The zero-order valence-electron chi connectivity index (χ0n) is 9.15. The van der Waals surface area contributed by atoms with Crippen molar-refractivity contribution in [1.82, 2.24) is 0 Å². The van der Waals surface area contributed by atoms with Crippen LogP contribution in [0.25, 0.3) is 0 Å². The molecule has 1 atom stereocenters. The van der Waals surface area contributed by atoms with Crippen LogP contribution in [0.15, 0.2) is 28.7 Å². The molecular weight excluding hydrogens is 272 g/mol. The summed E-state index contributed by atoms with van der Waals surface area (Å²) in [6, 6.07) is 7.21. The Morgan fingerprint density at radius 1 is 1.56 bits per heavy atom. The zero-order chi connectivity index (χ0) is 12.0. The minimum absolute atomic E-state index is 0.540. The summed E-state index contributed by atoms with van der Waals surface area (Å²) < 4.78 is 6.31. The van der Waals surface area contributed by atoms with Gasteiger partial charge in [-0.25, -0.2) is 4.79 Å². The predicted molar refractivity (Wildman–Crippen MR) is 65.7 cm³/mol. The second-order valence-corrected chi connectivity index (χ2v) is 4.46. The van der Waals surface area contributed by atoms with Gasteiger partial charge in [-0.1, -0.05) is 35.3 Å². The molecule has 0 bridgehead atoms. The Hall–Kier alpha value is -1.03. The maximum Gasteiger partial charge on any atom is 0.344 e. The van der Waals surface area contributed by atoms with Gasteiger partial charge < -0.3 is 9.84 Å². The van der Waals surface area contributed by atoms with Crippen LogP contribution in [0, 0.1) is 0 Å². The predicted octanol–water partition coefficient (Wildman–Crippen LogP) is 3.47. The van der Waals surface area contributed by atoms with E-state index in [1.807, 2.05) is 19.1 Å². The molecule has 1 aromatic carbocycles. The molecule has 0 amide bonds. The van der Waals surface area contributed by atoms with Gasteiger partial charge in [0.25, 0.3) is 0 Å². The first-order valence-corrected chi connectivity index (χ1v) is 6.07. The SMILES string of the molecule is CCCCC(Oc1cccc(Br)c1)C(=O)O. The number of carbonyl (C=O) groups is 1. The summed E-state index contributed by atoms with van der Waals surface area (Å²) in [4.78, 5) is 11.0. The summed E-state index contributed by atoms with van der Waals surface area (Å²) in [5.41, 5.74) is 0. The van der Waals surface area contributed by atoms with E-state index in [0.29, 0.717) is 12.2 Å². The Morgan fingerprint density at radius 3 is 2.88 bits per heavy atom. The van der Waals surface area contributed by atoms with Gasteiger partial charge in [-0.15, -0.1) is 0 Å². The first kappa shape index (κ1) is 13.0. The van der Waals surface area contributed by atoms with Crippen LogP contribution in [-0.4, -0.2) is 17.2 Å². The smallest absolute Gasteiger partial charge is 0.344 e. The van der Waals surface area contributed by atoms with E-state index < -0.39 is 12.1 Å². The second-order valence-electron chi connectivity index (χ2n) is 3.54. The highest BCUT2D eigenvalue weighted by Crippen LogP contribution is 2.20. The van der Waals surface area contributed by atoms with Crippen molar-refractivity contribution < 1.29 is 14.6 Å². The molecule has 0 aliphatic heterocycles. The fraction of sp³-hybridized carbons (Fsp3) is 0.417. The highest BCUT2D eigenvalue weighted by molar-refractivity contribution is 9.10. The molecule has 3 nitrogen and oxygen atoms in total. The van der Waals surface area contributed by atoms with E-state index in [2.05, 4.69) is 15.9 Å². The van der Waals surface area contributed by atoms with E-state index in [1.165, 1.54) is 0 Å². The van der Waals surface area contributed by atoms with Crippen molar-refractivity contribution >= 4 is 21.9 Å². The summed E-state index contributed by atoms with van der Waals surface area (Å²) in [5, 5.41) is 8.99. The molecule has 0 heterocycles. The molecule has 0 spiro atoms. The van der Waals surface area contributed by atoms with Gasteiger partial charge >= 0.3 is 5.97 Å². The molecule has 16 heavy (non-hydrogen) atoms.